The molecule has 174 valence electrons. The van der Waals surface area contributed by atoms with Crippen molar-refractivity contribution in [2.24, 2.45) is 5.10 Å². The molecule has 0 bridgehead atoms. The fourth-order valence-electron chi connectivity index (χ4n) is 3.18. The van der Waals surface area contributed by atoms with Crippen LogP contribution >= 0.6 is 23.4 Å². The maximum atomic E-state index is 12.5. The predicted octanol–water partition coefficient (Wildman–Crippen LogP) is 4.47. The predicted molar refractivity (Wildman–Crippen MR) is 131 cm³/mol. The summed E-state index contributed by atoms with van der Waals surface area (Å²) in [4.78, 5) is 24.7. The number of benzene rings is 2. The molecule has 9 nitrogen and oxygen atoms in total. The van der Waals surface area contributed by atoms with Gasteiger partial charge in [-0.05, 0) is 48.0 Å². The molecule has 2 heterocycles. The molecule has 0 aliphatic carbocycles. The number of ether oxygens (including phenoxy) is 2. The molecule has 1 aromatic heterocycles. The van der Waals surface area contributed by atoms with E-state index in [4.69, 9.17) is 21.1 Å². The van der Waals surface area contributed by atoms with Gasteiger partial charge in [-0.1, -0.05) is 35.5 Å². The minimum Gasteiger partial charge on any atom is -0.493 e. The highest BCUT2D eigenvalue weighted by atomic mass is 35.5. The first-order valence-electron chi connectivity index (χ1n) is 10.1. The van der Waals surface area contributed by atoms with E-state index < -0.39 is 5.91 Å². The molecule has 0 fully saturated rings. The largest absolute Gasteiger partial charge is 0.493 e. The van der Waals surface area contributed by atoms with Crippen LogP contribution < -0.4 is 14.8 Å². The van der Waals surface area contributed by atoms with Crippen LogP contribution in [0.3, 0.4) is 0 Å². The van der Waals surface area contributed by atoms with Gasteiger partial charge in [-0.15, -0.1) is 10.2 Å². The molecular weight excluding hydrogens is 478 g/mol. The van der Waals surface area contributed by atoms with Crippen LogP contribution in [0.15, 0.2) is 59.7 Å². The van der Waals surface area contributed by atoms with Gasteiger partial charge in [0.1, 0.15) is 0 Å². The van der Waals surface area contributed by atoms with Gasteiger partial charge in [0.05, 0.1) is 26.5 Å². The minimum atomic E-state index is -0.399. The Morgan fingerprint density at radius 3 is 2.50 bits per heavy atom. The lowest BCUT2D eigenvalue weighted by Gasteiger charge is -2.23. The zero-order chi connectivity index (χ0) is 24.1. The molecule has 0 spiro atoms. The first-order valence-corrected chi connectivity index (χ1v) is 11.5. The SMILES string of the molecule is COc1ccc(C2=NN(Cc3ccc(NC(=O)c4ccc(Cl)nn4)cc3)C(=O)SC2)cc1OC. The molecule has 0 saturated carbocycles. The number of carbonyl (C=O) groups excluding carboxylic acids is 2. The first-order chi connectivity index (χ1) is 16.5. The number of hydrogen-bond acceptors (Lipinski definition) is 8. The second kappa shape index (κ2) is 10.5. The maximum absolute atomic E-state index is 12.5. The molecule has 0 unspecified atom stereocenters. The van der Waals surface area contributed by atoms with Crippen molar-refractivity contribution in [3.63, 3.8) is 0 Å². The van der Waals surface area contributed by atoms with Crippen LogP contribution in [0.4, 0.5) is 10.5 Å². The standard InChI is InChI=1S/C23H20ClN5O4S/c1-32-19-9-5-15(11-20(19)33-2)18-13-34-23(31)29(28-18)12-14-3-6-16(7-4-14)25-22(30)17-8-10-21(24)27-26-17/h3-11H,12-13H2,1-2H3,(H,25,30). The Hall–Kier alpha value is -3.63. The number of methoxy groups -OCH3 is 2. The summed E-state index contributed by atoms with van der Waals surface area (Å²) >= 11 is 6.89. The summed E-state index contributed by atoms with van der Waals surface area (Å²) in [6.07, 6.45) is 0. The number of rotatable bonds is 7. The number of hydrazone groups is 1. The molecule has 1 aliphatic rings. The number of carbonyl (C=O) groups is 2. The summed E-state index contributed by atoms with van der Waals surface area (Å²) in [5.41, 5.74) is 3.21. The molecule has 1 aliphatic heterocycles. The first kappa shape index (κ1) is 23.5. The van der Waals surface area contributed by atoms with Crippen molar-refractivity contribution in [1.82, 2.24) is 15.2 Å². The fourth-order valence-corrected chi connectivity index (χ4v) is 4.02. The molecule has 1 N–H and O–H groups in total. The Morgan fingerprint density at radius 1 is 1.06 bits per heavy atom. The molecule has 2 aromatic carbocycles. The van der Waals surface area contributed by atoms with E-state index in [-0.39, 0.29) is 16.1 Å². The molecule has 34 heavy (non-hydrogen) atoms. The van der Waals surface area contributed by atoms with E-state index in [1.165, 1.54) is 28.9 Å². The summed E-state index contributed by atoms with van der Waals surface area (Å²) in [6.45, 7) is 0.291. The summed E-state index contributed by atoms with van der Waals surface area (Å²) in [5, 5.41) is 16.2. The van der Waals surface area contributed by atoms with Gasteiger partial charge in [-0.2, -0.15) is 5.10 Å². The summed E-state index contributed by atoms with van der Waals surface area (Å²) in [7, 11) is 3.15. The fraction of sp³-hybridized carbons (Fsp3) is 0.174. The van der Waals surface area contributed by atoms with Crippen molar-refractivity contribution >= 4 is 45.9 Å². The maximum Gasteiger partial charge on any atom is 0.302 e. The third-order valence-electron chi connectivity index (χ3n) is 4.91. The lowest BCUT2D eigenvalue weighted by atomic mass is 10.1. The third-order valence-corrected chi connectivity index (χ3v) is 5.99. The van der Waals surface area contributed by atoms with Crippen LogP contribution in [0, 0.1) is 0 Å². The van der Waals surface area contributed by atoms with E-state index in [0.717, 1.165) is 16.8 Å². The van der Waals surface area contributed by atoms with Gasteiger partial charge in [-0.25, -0.2) is 5.01 Å². The summed E-state index contributed by atoms with van der Waals surface area (Å²) < 4.78 is 10.7. The van der Waals surface area contributed by atoms with Gasteiger partial charge in [0, 0.05) is 17.0 Å². The molecular formula is C23H20ClN5O4S. The zero-order valence-corrected chi connectivity index (χ0v) is 19.9. The third kappa shape index (κ3) is 5.46. The van der Waals surface area contributed by atoms with E-state index in [1.54, 1.807) is 26.4 Å². The Morgan fingerprint density at radius 2 is 1.82 bits per heavy atom. The number of anilines is 1. The van der Waals surface area contributed by atoms with E-state index in [0.29, 0.717) is 29.5 Å². The minimum absolute atomic E-state index is 0.136. The average molecular weight is 498 g/mol. The van der Waals surface area contributed by atoms with Gasteiger partial charge in [0.2, 0.25) is 0 Å². The molecule has 3 aromatic rings. The molecule has 0 atom stereocenters. The van der Waals surface area contributed by atoms with Gasteiger partial charge in [-0.3, -0.25) is 9.59 Å². The van der Waals surface area contributed by atoms with Crippen molar-refractivity contribution in [2.75, 3.05) is 25.3 Å². The van der Waals surface area contributed by atoms with Crippen molar-refractivity contribution in [2.45, 2.75) is 6.54 Å². The highest BCUT2D eigenvalue weighted by Gasteiger charge is 2.23. The van der Waals surface area contributed by atoms with Crippen molar-refractivity contribution in [3.8, 4) is 11.5 Å². The number of aromatic nitrogens is 2. The quantitative estimate of drug-likeness (QED) is 0.513. The lowest BCUT2D eigenvalue weighted by molar-refractivity contribution is 0.102. The summed E-state index contributed by atoms with van der Waals surface area (Å²) in [6, 6.07) is 15.7. The van der Waals surface area contributed by atoms with Crippen molar-refractivity contribution < 1.29 is 19.1 Å². The second-order valence-electron chi connectivity index (χ2n) is 7.12. The van der Waals surface area contributed by atoms with Gasteiger partial charge < -0.3 is 14.8 Å². The molecule has 11 heteroatoms. The van der Waals surface area contributed by atoms with Gasteiger partial charge >= 0.3 is 5.24 Å². The molecule has 0 saturated heterocycles. The monoisotopic (exact) mass is 497 g/mol. The molecule has 4 rings (SSSR count). The number of nitrogens with zero attached hydrogens (tertiary/aromatic N) is 4. The Bertz CT molecular complexity index is 1240. The molecule has 0 radical (unpaired) electrons. The Balaban J connectivity index is 1.45. The number of hydrogen-bond donors (Lipinski definition) is 1. The smallest absolute Gasteiger partial charge is 0.302 e. The van der Waals surface area contributed by atoms with Crippen molar-refractivity contribution in [1.29, 1.82) is 0 Å². The second-order valence-corrected chi connectivity index (χ2v) is 8.43. The highest BCUT2D eigenvalue weighted by Crippen LogP contribution is 2.30. The van der Waals surface area contributed by atoms with Crippen LogP contribution in [0.1, 0.15) is 21.6 Å². The van der Waals surface area contributed by atoms with Crippen LogP contribution in [0.2, 0.25) is 5.15 Å². The Labute approximate surface area is 205 Å². The van der Waals surface area contributed by atoms with E-state index in [1.807, 2.05) is 30.3 Å². The van der Waals surface area contributed by atoms with E-state index in [9.17, 15) is 9.59 Å². The highest BCUT2D eigenvalue weighted by molar-refractivity contribution is 8.14. The Kier molecular flexibility index (Phi) is 7.29. The molecule has 2 amide bonds. The normalized spacial score (nSPS) is 13.3. The van der Waals surface area contributed by atoms with Crippen molar-refractivity contribution in [3.05, 3.63) is 76.6 Å². The lowest BCUT2D eigenvalue weighted by Crippen LogP contribution is -2.29. The number of halogens is 1. The number of amides is 2. The van der Waals surface area contributed by atoms with Crippen LogP contribution in [0.25, 0.3) is 0 Å². The van der Waals surface area contributed by atoms with E-state index >= 15 is 0 Å². The van der Waals surface area contributed by atoms with Crippen LogP contribution in [0.5, 0.6) is 11.5 Å². The zero-order valence-electron chi connectivity index (χ0n) is 18.3. The van der Waals surface area contributed by atoms with Crippen LogP contribution in [-0.2, 0) is 6.54 Å². The van der Waals surface area contributed by atoms with Crippen LogP contribution in [-0.4, -0.2) is 52.0 Å². The average Bonchev–Trinajstić information content (AvgIpc) is 2.86. The van der Waals surface area contributed by atoms with Gasteiger partial charge in [0.15, 0.2) is 22.3 Å². The van der Waals surface area contributed by atoms with E-state index in [2.05, 4.69) is 20.6 Å². The number of thioether (sulfide) groups is 1. The number of nitrogens with one attached hydrogen (secondary N) is 1. The topological polar surface area (TPSA) is 106 Å². The van der Waals surface area contributed by atoms with Gasteiger partial charge in [0.25, 0.3) is 5.91 Å². The summed E-state index contributed by atoms with van der Waals surface area (Å²) in [5.74, 6) is 1.28.